The number of nitrogens with two attached hydrogens (primary N) is 1. The number of hydrogen-bond acceptors (Lipinski definition) is 1. The predicted octanol–water partition coefficient (Wildman–Crippen LogP) is 4.00. The summed E-state index contributed by atoms with van der Waals surface area (Å²) in [5, 5.41) is 0.725. The molecule has 88 valence electrons. The van der Waals surface area contributed by atoms with Gasteiger partial charge in [0, 0.05) is 5.02 Å². The molecule has 0 spiro atoms. The van der Waals surface area contributed by atoms with E-state index in [-0.39, 0.29) is 6.04 Å². The normalized spacial score (nSPS) is 12.5. The van der Waals surface area contributed by atoms with Crippen molar-refractivity contribution in [2.24, 2.45) is 5.73 Å². The van der Waals surface area contributed by atoms with E-state index in [1.807, 2.05) is 30.3 Å². The van der Waals surface area contributed by atoms with Crippen molar-refractivity contribution in [3.05, 3.63) is 69.7 Å². The van der Waals surface area contributed by atoms with E-state index >= 15 is 0 Å². The van der Waals surface area contributed by atoms with E-state index in [0.29, 0.717) is 0 Å². The highest BCUT2D eigenvalue weighted by atomic mass is 35.5. The van der Waals surface area contributed by atoms with Crippen molar-refractivity contribution < 1.29 is 0 Å². The third kappa shape index (κ3) is 2.36. The number of rotatable bonds is 2. The van der Waals surface area contributed by atoms with Crippen LogP contribution in [-0.4, -0.2) is 0 Å². The van der Waals surface area contributed by atoms with Crippen LogP contribution < -0.4 is 5.73 Å². The number of benzene rings is 2. The zero-order valence-corrected chi connectivity index (χ0v) is 10.8. The summed E-state index contributed by atoms with van der Waals surface area (Å²) in [4.78, 5) is 0. The molecule has 1 nitrogen and oxygen atoms in total. The van der Waals surface area contributed by atoms with Gasteiger partial charge in [0.15, 0.2) is 0 Å². The number of halogens is 1. The molecule has 0 aromatic heterocycles. The van der Waals surface area contributed by atoms with Gasteiger partial charge in [0.25, 0.3) is 0 Å². The Morgan fingerprint density at radius 1 is 0.941 bits per heavy atom. The maximum Gasteiger partial charge on any atom is 0.0571 e. The molecule has 2 N–H and O–H groups in total. The summed E-state index contributed by atoms with van der Waals surface area (Å²) >= 11 is 6.19. The molecule has 0 aliphatic carbocycles. The average molecular weight is 246 g/mol. The van der Waals surface area contributed by atoms with Crippen LogP contribution in [0.25, 0.3) is 0 Å². The standard InChI is InChI=1S/C15H16ClN/c1-10-6-5-7-11(2)14(10)15(17)12-8-3-4-9-13(12)16/h3-9,15H,17H2,1-2H3. The van der Waals surface area contributed by atoms with Crippen LogP contribution in [0.1, 0.15) is 28.3 Å². The molecule has 0 saturated carbocycles. The molecule has 2 aromatic rings. The van der Waals surface area contributed by atoms with E-state index in [2.05, 4.69) is 26.0 Å². The lowest BCUT2D eigenvalue weighted by atomic mass is 9.92. The third-order valence-corrected chi connectivity index (χ3v) is 3.44. The molecule has 0 aliphatic rings. The van der Waals surface area contributed by atoms with Crippen LogP contribution in [0.2, 0.25) is 5.02 Å². The lowest BCUT2D eigenvalue weighted by Gasteiger charge is -2.18. The summed E-state index contributed by atoms with van der Waals surface area (Å²) in [5.41, 5.74) is 10.9. The minimum absolute atomic E-state index is 0.162. The molecule has 1 atom stereocenters. The molecular formula is C15H16ClN. The van der Waals surface area contributed by atoms with Crippen LogP contribution in [0.4, 0.5) is 0 Å². The largest absolute Gasteiger partial charge is 0.320 e. The highest BCUT2D eigenvalue weighted by Crippen LogP contribution is 2.29. The molecular weight excluding hydrogens is 230 g/mol. The fraction of sp³-hybridized carbons (Fsp3) is 0.200. The molecule has 2 aromatic carbocycles. The monoisotopic (exact) mass is 245 g/mol. The second kappa shape index (κ2) is 4.91. The molecule has 0 heterocycles. The maximum absolute atomic E-state index is 6.33. The molecule has 0 fully saturated rings. The first-order valence-corrected chi connectivity index (χ1v) is 6.05. The van der Waals surface area contributed by atoms with Gasteiger partial charge in [-0.05, 0) is 42.2 Å². The third-order valence-electron chi connectivity index (χ3n) is 3.09. The number of aryl methyl sites for hydroxylation is 2. The van der Waals surface area contributed by atoms with Gasteiger partial charge in [-0.2, -0.15) is 0 Å². The van der Waals surface area contributed by atoms with Crippen LogP contribution in [0.5, 0.6) is 0 Å². The van der Waals surface area contributed by atoms with Crippen LogP contribution in [0, 0.1) is 13.8 Å². The molecule has 0 saturated heterocycles. The minimum atomic E-state index is -0.162. The summed E-state index contributed by atoms with van der Waals surface area (Å²) in [5.74, 6) is 0. The molecule has 1 unspecified atom stereocenters. The van der Waals surface area contributed by atoms with Gasteiger partial charge in [-0.15, -0.1) is 0 Å². The summed E-state index contributed by atoms with van der Waals surface area (Å²) < 4.78 is 0. The first kappa shape index (κ1) is 12.2. The highest BCUT2D eigenvalue weighted by Gasteiger charge is 2.15. The zero-order valence-electron chi connectivity index (χ0n) is 10.1. The van der Waals surface area contributed by atoms with Gasteiger partial charge in [-0.3, -0.25) is 0 Å². The van der Waals surface area contributed by atoms with Crippen molar-refractivity contribution >= 4 is 11.6 Å². The van der Waals surface area contributed by atoms with Crippen molar-refractivity contribution in [3.8, 4) is 0 Å². The number of hydrogen-bond donors (Lipinski definition) is 1. The summed E-state index contributed by atoms with van der Waals surface area (Å²) in [6, 6.07) is 13.8. The first-order valence-electron chi connectivity index (χ1n) is 5.67. The Balaban J connectivity index is 2.51. The Bertz CT molecular complexity index is 514. The lowest BCUT2D eigenvalue weighted by Crippen LogP contribution is -2.15. The molecule has 0 bridgehead atoms. The first-order chi connectivity index (χ1) is 8.11. The summed E-state index contributed by atoms with van der Waals surface area (Å²) in [6.45, 7) is 4.16. The second-order valence-electron chi connectivity index (χ2n) is 4.30. The van der Waals surface area contributed by atoms with Gasteiger partial charge in [-0.25, -0.2) is 0 Å². The predicted molar refractivity (Wildman–Crippen MR) is 73.4 cm³/mol. The van der Waals surface area contributed by atoms with Crippen LogP contribution in [0.15, 0.2) is 42.5 Å². The molecule has 2 heteroatoms. The van der Waals surface area contributed by atoms with Gasteiger partial charge in [0.2, 0.25) is 0 Å². The topological polar surface area (TPSA) is 26.0 Å². The fourth-order valence-electron chi connectivity index (χ4n) is 2.20. The van der Waals surface area contributed by atoms with Crippen molar-refractivity contribution in [2.75, 3.05) is 0 Å². The average Bonchev–Trinajstić information content (AvgIpc) is 2.29. The molecule has 0 amide bonds. The van der Waals surface area contributed by atoms with Crippen molar-refractivity contribution in [3.63, 3.8) is 0 Å². The van der Waals surface area contributed by atoms with Gasteiger partial charge >= 0.3 is 0 Å². The quantitative estimate of drug-likeness (QED) is 0.850. The van der Waals surface area contributed by atoms with Gasteiger partial charge in [-0.1, -0.05) is 48.0 Å². The Morgan fingerprint density at radius 3 is 2.12 bits per heavy atom. The summed E-state index contributed by atoms with van der Waals surface area (Å²) in [6.07, 6.45) is 0. The molecule has 2 rings (SSSR count). The molecule has 17 heavy (non-hydrogen) atoms. The van der Waals surface area contributed by atoms with E-state index in [1.54, 1.807) is 0 Å². The van der Waals surface area contributed by atoms with Crippen LogP contribution >= 0.6 is 11.6 Å². The highest BCUT2D eigenvalue weighted by molar-refractivity contribution is 6.31. The molecule has 0 radical (unpaired) electrons. The Hall–Kier alpha value is -1.31. The summed E-state index contributed by atoms with van der Waals surface area (Å²) in [7, 11) is 0. The maximum atomic E-state index is 6.33. The lowest BCUT2D eigenvalue weighted by molar-refractivity contribution is 0.852. The van der Waals surface area contributed by atoms with E-state index in [9.17, 15) is 0 Å². The Labute approximate surface area is 107 Å². The van der Waals surface area contributed by atoms with E-state index < -0.39 is 0 Å². The Kier molecular flexibility index (Phi) is 3.51. The Morgan fingerprint density at radius 2 is 1.53 bits per heavy atom. The molecule has 0 aliphatic heterocycles. The zero-order chi connectivity index (χ0) is 12.4. The van der Waals surface area contributed by atoms with E-state index in [0.717, 1.165) is 10.6 Å². The van der Waals surface area contributed by atoms with Crippen molar-refractivity contribution in [1.29, 1.82) is 0 Å². The van der Waals surface area contributed by atoms with Crippen molar-refractivity contribution in [1.82, 2.24) is 0 Å². The van der Waals surface area contributed by atoms with Crippen LogP contribution in [-0.2, 0) is 0 Å². The van der Waals surface area contributed by atoms with Crippen LogP contribution in [0.3, 0.4) is 0 Å². The van der Waals surface area contributed by atoms with E-state index in [1.165, 1.54) is 16.7 Å². The van der Waals surface area contributed by atoms with Gasteiger partial charge < -0.3 is 5.73 Å². The second-order valence-corrected chi connectivity index (χ2v) is 4.71. The van der Waals surface area contributed by atoms with Gasteiger partial charge in [0.05, 0.1) is 6.04 Å². The fourth-order valence-corrected chi connectivity index (χ4v) is 2.45. The SMILES string of the molecule is Cc1cccc(C)c1C(N)c1ccccc1Cl. The minimum Gasteiger partial charge on any atom is -0.320 e. The smallest absolute Gasteiger partial charge is 0.0571 e. The van der Waals surface area contributed by atoms with Gasteiger partial charge in [0.1, 0.15) is 0 Å². The van der Waals surface area contributed by atoms with E-state index in [4.69, 9.17) is 17.3 Å². The van der Waals surface area contributed by atoms with Crippen molar-refractivity contribution in [2.45, 2.75) is 19.9 Å².